The van der Waals surface area contributed by atoms with E-state index in [0.717, 1.165) is 54.4 Å². The topological polar surface area (TPSA) is 289 Å². The maximum Gasteiger partial charge on any atom is 0.485 e. The highest BCUT2D eigenvalue weighted by Gasteiger charge is 2.37. The van der Waals surface area contributed by atoms with Crippen molar-refractivity contribution in [3.05, 3.63) is 268 Å². The maximum atomic E-state index is 11.3. The number of hydrogen-bond acceptors (Lipinski definition) is 24. The van der Waals surface area contributed by atoms with E-state index in [9.17, 15) is 41.9 Å². The SMILES string of the molecule is CN(/N=C/c1ccc(OCC[N+](C)(CCOc2ccc(/C=N/N(C)P(=S)(Oc3ccc(C=O)cc3)Oc3ccc(C=O)cc3)cc2)CCOc2ccc(/C=N/N(C)P(=S)(Oc3ccc(C=O)cc3)Oc3ccc(C=O)cc3)cc2)cc1)P(=S)(Oc1ccc(C=O)cc1)Oc1ccc(C=O)cc1.O=S(=O)([O-])C(F)(F)F. The van der Waals surface area contributed by atoms with Crippen LogP contribution in [0.2, 0.25) is 0 Å². The quantitative estimate of drug-likeness (QED) is 0.00657. The van der Waals surface area contributed by atoms with Crippen molar-refractivity contribution in [3.63, 3.8) is 0 Å². The summed E-state index contributed by atoms with van der Waals surface area (Å²) in [6, 6.07) is 61.0. The van der Waals surface area contributed by atoms with Crippen LogP contribution in [0.15, 0.2) is 234 Å². The molecule has 0 saturated heterocycles. The standard InChI is InChI=1S/C73H69N7O15P3S3.CHF3O3S/c1-77(96(99,90-68-29-11-59(50-81)12-30-68)91-69-31-13-60(51-82)14-32-69)74-47-56-5-23-65(24-6-56)87-44-41-80(4,42-45-88-66-25-7-57(8-26-66)48-75-78(2)97(100,92-70-33-15-61(52-83)16-34-70)93-71-35-17-62(53-84)18-36-71)43-46-89-67-27-9-58(10-28-67)49-76-79(3)98(101,94-72-37-19-63(54-85)20-38-72)95-73-39-21-64(55-86)22-40-73;2-1(3,4)8(5,6)7/h5-40,47-55H,41-46H2,1-4H3;(H,5,6,7)/q+1;/p-1/b74-47+,75-48+,76-49+;. The summed E-state index contributed by atoms with van der Waals surface area (Å²) in [5.74, 6) is 4.13. The van der Waals surface area contributed by atoms with Gasteiger partial charge in [0.1, 0.15) is 129 Å². The molecule has 35 heteroatoms. The van der Waals surface area contributed by atoms with Crippen LogP contribution in [0.5, 0.6) is 51.7 Å². The van der Waals surface area contributed by atoms with Crippen molar-refractivity contribution in [3.8, 4) is 51.7 Å². The number of hydrazone groups is 3. The average Bonchev–Trinajstić information content (AvgIpc) is 0.829. The zero-order valence-electron chi connectivity index (χ0n) is 58.3. The zero-order valence-corrected chi connectivity index (χ0v) is 64.3. The van der Waals surface area contributed by atoms with Gasteiger partial charge in [-0.05, 0) is 235 Å². The largest absolute Gasteiger partial charge is 0.741 e. The van der Waals surface area contributed by atoms with Gasteiger partial charge < -0.3 is 50.4 Å². The Labute approximate surface area is 641 Å². The Kier molecular flexibility index (Phi) is 30.3. The number of carbonyl (C=O) groups is 6. The van der Waals surface area contributed by atoms with Crippen LogP contribution in [0, 0.1) is 0 Å². The van der Waals surface area contributed by atoms with Crippen molar-refractivity contribution in [2.75, 3.05) is 67.6 Å². The molecule has 0 fully saturated rings. The smallest absolute Gasteiger partial charge is 0.485 e. The lowest BCUT2D eigenvalue weighted by Gasteiger charge is -2.34. The van der Waals surface area contributed by atoms with Gasteiger partial charge in [0, 0.05) is 89.9 Å². The number of aldehydes is 6. The van der Waals surface area contributed by atoms with Gasteiger partial charge in [-0.3, -0.25) is 28.8 Å². The number of rotatable bonds is 39. The van der Waals surface area contributed by atoms with E-state index in [0.29, 0.717) is 129 Å². The fourth-order valence-electron chi connectivity index (χ4n) is 8.93. The Bertz CT molecular complexity index is 4280. The highest BCUT2D eigenvalue weighted by atomic mass is 32.5. The van der Waals surface area contributed by atoms with Crippen molar-refractivity contribution in [2.45, 2.75) is 5.51 Å². The molecule has 0 aromatic heterocycles. The van der Waals surface area contributed by atoms with Crippen LogP contribution in [0.25, 0.3) is 0 Å². The predicted octanol–water partition coefficient (Wildman–Crippen LogP) is 14.5. The van der Waals surface area contributed by atoms with Gasteiger partial charge in [0.25, 0.3) is 0 Å². The second-order valence-corrected chi connectivity index (χ2v) is 34.4. The molecule has 25 nitrogen and oxygen atoms in total. The Morgan fingerprint density at radius 2 is 0.505 bits per heavy atom. The zero-order chi connectivity index (χ0) is 78.7. The lowest BCUT2D eigenvalue weighted by atomic mass is 10.2. The van der Waals surface area contributed by atoms with Crippen LogP contribution in [0.4, 0.5) is 13.2 Å². The van der Waals surface area contributed by atoms with Gasteiger partial charge in [-0.1, -0.05) is 0 Å². The van der Waals surface area contributed by atoms with E-state index in [1.54, 1.807) is 185 Å². The molecule has 0 atom stereocenters. The summed E-state index contributed by atoms with van der Waals surface area (Å²) in [6.45, 7) is -7.51. The van der Waals surface area contributed by atoms with Gasteiger partial charge in [-0.15, -0.1) is 0 Å². The van der Waals surface area contributed by atoms with Crippen molar-refractivity contribution >= 4 is 122 Å². The molecule has 0 N–H and O–H groups in total. The van der Waals surface area contributed by atoms with Gasteiger partial charge in [-0.25, -0.2) is 22.8 Å². The predicted molar refractivity (Wildman–Crippen MR) is 416 cm³/mol. The second kappa shape index (κ2) is 39.4. The molecule has 9 rings (SSSR count). The third-order valence-electron chi connectivity index (χ3n) is 15.2. The van der Waals surface area contributed by atoms with Gasteiger partial charge in [0.15, 0.2) is 10.1 Å². The van der Waals surface area contributed by atoms with E-state index < -0.39 is 35.6 Å². The summed E-state index contributed by atoms with van der Waals surface area (Å²) in [4.78, 5) is 68.1. The summed E-state index contributed by atoms with van der Waals surface area (Å²) in [6.07, 6.45) is 9.24. The lowest BCUT2D eigenvalue weighted by Crippen LogP contribution is -2.51. The number of quaternary nitrogens is 1. The molecule has 9 aromatic carbocycles. The molecule has 0 aliphatic carbocycles. The molecule has 0 spiro atoms. The first-order chi connectivity index (χ1) is 52.0. The number of ether oxygens (including phenoxy) is 3. The second-order valence-electron chi connectivity index (χ2n) is 23.2. The molecule has 9 aromatic rings. The molecule has 0 heterocycles. The molecule has 568 valence electrons. The molecule has 109 heavy (non-hydrogen) atoms. The van der Waals surface area contributed by atoms with Crippen LogP contribution in [0.3, 0.4) is 0 Å². The van der Waals surface area contributed by atoms with E-state index in [1.165, 1.54) is 14.3 Å². The van der Waals surface area contributed by atoms with Gasteiger partial charge in [-0.2, -0.15) is 28.5 Å². The lowest BCUT2D eigenvalue weighted by molar-refractivity contribution is -0.909. The minimum Gasteiger partial charge on any atom is -0.741 e. The highest BCUT2D eigenvalue weighted by Crippen LogP contribution is 2.54. The molecule has 0 saturated carbocycles. The molecule has 0 aliphatic heterocycles. The first-order valence-corrected chi connectivity index (χ1v) is 41.4. The van der Waals surface area contributed by atoms with E-state index in [4.69, 9.17) is 89.7 Å². The third kappa shape index (κ3) is 26.0. The third-order valence-corrected chi connectivity index (χ3v) is 24.4. The fraction of sp³-hybridized carbons (Fsp3) is 0.149. The molecule has 0 aliphatic rings. The number of alkyl halides is 3. The number of likely N-dealkylation sites (N-methyl/N-ethyl adjacent to an activating group) is 1. The van der Waals surface area contributed by atoms with E-state index >= 15 is 0 Å². The summed E-state index contributed by atoms with van der Waals surface area (Å²) in [5.41, 5.74) is -0.667. The Morgan fingerprint density at radius 3 is 0.661 bits per heavy atom. The van der Waals surface area contributed by atoms with Crippen molar-refractivity contribution in [1.82, 2.24) is 14.3 Å². The molecule has 0 radical (unpaired) electrons. The minimum atomic E-state index is -6.09. The number of nitrogens with zero attached hydrogens (tertiary/aromatic N) is 7. The molecular weight excluding hydrogens is 1550 g/mol. The molecule has 0 amide bonds. The summed E-state index contributed by atoms with van der Waals surface area (Å²) < 4.78 is 120. The summed E-state index contributed by atoms with van der Waals surface area (Å²) in [5, 5.41) is 13.9. The molecular formula is C74H69F3N7O18P3S4. The van der Waals surface area contributed by atoms with E-state index in [-0.39, 0.29) is 0 Å². The van der Waals surface area contributed by atoms with Crippen LogP contribution in [-0.4, -0.2) is 161 Å². The monoisotopic (exact) mass is 1620 g/mol. The summed E-state index contributed by atoms with van der Waals surface area (Å²) in [7, 11) is 0.962. The van der Waals surface area contributed by atoms with E-state index in [2.05, 4.69) is 22.4 Å². The fourth-order valence-corrected chi connectivity index (χ4v) is 14.5. The van der Waals surface area contributed by atoms with Crippen LogP contribution < -0.4 is 41.4 Å². The number of hydrogen-bond donors (Lipinski definition) is 0. The van der Waals surface area contributed by atoms with Crippen LogP contribution in [-0.2, 0) is 45.5 Å². The van der Waals surface area contributed by atoms with E-state index in [1.807, 2.05) is 72.8 Å². The number of benzene rings is 9. The number of halogens is 3. The van der Waals surface area contributed by atoms with Gasteiger partial charge in [0.05, 0.1) is 25.7 Å². The first-order valence-electron chi connectivity index (χ1n) is 32.2. The van der Waals surface area contributed by atoms with Crippen LogP contribution >= 0.6 is 19.9 Å². The van der Waals surface area contributed by atoms with Crippen LogP contribution in [0.1, 0.15) is 78.8 Å². The Balaban J connectivity index is 0.00000177. The Morgan fingerprint density at radius 1 is 0.349 bits per heavy atom. The normalized spacial score (nSPS) is 11.8. The summed E-state index contributed by atoms with van der Waals surface area (Å²) >= 11 is 18.0. The molecule has 0 unspecified atom stereocenters. The van der Waals surface area contributed by atoms with Gasteiger partial charge >= 0.3 is 25.4 Å². The average molecular weight is 1620 g/mol. The van der Waals surface area contributed by atoms with Crippen molar-refractivity contribution < 1.29 is 101 Å². The van der Waals surface area contributed by atoms with Crippen molar-refractivity contribution in [1.29, 1.82) is 0 Å². The minimum absolute atomic E-state index is 0.336. The molecule has 0 bridgehead atoms. The van der Waals surface area contributed by atoms with Gasteiger partial charge in [0.2, 0.25) is 0 Å². The highest BCUT2D eigenvalue weighted by molar-refractivity contribution is 8.09. The number of carbonyl (C=O) groups excluding carboxylic acids is 6. The first kappa shape index (κ1) is 83.9. The maximum absolute atomic E-state index is 11.3. The van der Waals surface area contributed by atoms with Crippen molar-refractivity contribution in [2.24, 2.45) is 15.3 Å². The Hall–Kier alpha value is -10.8.